The van der Waals surface area contributed by atoms with Gasteiger partial charge in [0.1, 0.15) is 11.6 Å². The van der Waals surface area contributed by atoms with Gasteiger partial charge in [-0.1, -0.05) is 30.3 Å². The van der Waals surface area contributed by atoms with Gasteiger partial charge in [-0.05, 0) is 37.0 Å². The van der Waals surface area contributed by atoms with Crippen LogP contribution in [-0.2, 0) is 32.5 Å². The second-order valence-corrected chi connectivity index (χ2v) is 9.30. The molecule has 1 saturated heterocycles. The van der Waals surface area contributed by atoms with Crippen molar-refractivity contribution in [3.05, 3.63) is 65.0 Å². The third kappa shape index (κ3) is 3.43. The number of benzene rings is 2. The lowest BCUT2D eigenvalue weighted by Gasteiger charge is -2.45. The van der Waals surface area contributed by atoms with E-state index in [1.165, 1.54) is 22.0 Å². The lowest BCUT2D eigenvalue weighted by atomic mass is 9.79. The minimum Gasteiger partial charge on any atom is -0.496 e. The summed E-state index contributed by atoms with van der Waals surface area (Å²) < 4.78 is 52.8. The standard InChI is InChI=1S/C21H24FNO4S/c1-26-19-8-4-6-16-9-14-27-21(20(16)19)10-12-23(13-11-21)28(24,25)15-17-5-2-3-7-18(17)22/h2-8H,9-15H2,1H3. The number of hydrogen-bond acceptors (Lipinski definition) is 4. The molecule has 0 aromatic heterocycles. The molecule has 0 bridgehead atoms. The third-order valence-electron chi connectivity index (χ3n) is 5.76. The highest BCUT2D eigenvalue weighted by atomic mass is 32.2. The van der Waals surface area contributed by atoms with Gasteiger partial charge in [0.25, 0.3) is 0 Å². The molecule has 2 aromatic carbocycles. The molecule has 0 N–H and O–H groups in total. The monoisotopic (exact) mass is 405 g/mol. The van der Waals surface area contributed by atoms with E-state index in [1.807, 2.05) is 12.1 Å². The quantitative estimate of drug-likeness (QED) is 0.784. The zero-order chi connectivity index (χ0) is 19.8. The van der Waals surface area contributed by atoms with Crippen LogP contribution < -0.4 is 4.74 Å². The number of methoxy groups -OCH3 is 1. The highest BCUT2D eigenvalue weighted by Gasteiger charge is 2.44. The topological polar surface area (TPSA) is 55.8 Å². The Labute approximate surface area is 165 Å². The predicted octanol–water partition coefficient (Wildman–Crippen LogP) is 3.23. The maximum Gasteiger partial charge on any atom is 0.218 e. The first-order valence-corrected chi connectivity index (χ1v) is 11.1. The molecule has 7 heteroatoms. The Morgan fingerprint density at radius 1 is 1.14 bits per heavy atom. The Hall–Kier alpha value is -1.96. The number of hydrogen-bond donors (Lipinski definition) is 0. The fourth-order valence-electron chi connectivity index (χ4n) is 4.32. The zero-order valence-corrected chi connectivity index (χ0v) is 16.7. The number of ether oxygens (including phenoxy) is 2. The summed E-state index contributed by atoms with van der Waals surface area (Å²) in [5.74, 6) is -0.0262. The molecular weight excluding hydrogens is 381 g/mol. The highest BCUT2D eigenvalue weighted by molar-refractivity contribution is 7.88. The molecule has 0 radical (unpaired) electrons. The summed E-state index contributed by atoms with van der Waals surface area (Å²) in [6.07, 6.45) is 1.93. The second-order valence-electron chi connectivity index (χ2n) is 7.33. The van der Waals surface area contributed by atoms with Crippen LogP contribution in [0.15, 0.2) is 42.5 Å². The van der Waals surface area contributed by atoms with Crippen LogP contribution in [0.5, 0.6) is 5.75 Å². The van der Waals surface area contributed by atoms with Crippen molar-refractivity contribution in [1.82, 2.24) is 4.31 Å². The van der Waals surface area contributed by atoms with Gasteiger partial charge in [-0.2, -0.15) is 0 Å². The molecule has 2 aliphatic rings. The Morgan fingerprint density at radius 2 is 1.89 bits per heavy atom. The van der Waals surface area contributed by atoms with Crippen molar-refractivity contribution in [3.63, 3.8) is 0 Å². The smallest absolute Gasteiger partial charge is 0.218 e. The van der Waals surface area contributed by atoms with Crippen LogP contribution in [0, 0.1) is 5.82 Å². The van der Waals surface area contributed by atoms with E-state index in [2.05, 4.69) is 6.07 Å². The molecule has 150 valence electrons. The van der Waals surface area contributed by atoms with E-state index in [0.29, 0.717) is 32.5 Å². The normalized spacial score (nSPS) is 19.4. The first-order chi connectivity index (χ1) is 13.5. The average Bonchev–Trinajstić information content (AvgIpc) is 2.70. The van der Waals surface area contributed by atoms with Gasteiger partial charge in [0, 0.05) is 24.2 Å². The van der Waals surface area contributed by atoms with Gasteiger partial charge in [0.15, 0.2) is 0 Å². The van der Waals surface area contributed by atoms with Gasteiger partial charge in [-0.15, -0.1) is 0 Å². The molecule has 2 heterocycles. The summed E-state index contributed by atoms with van der Waals surface area (Å²) in [7, 11) is -1.96. The van der Waals surface area contributed by atoms with E-state index in [-0.39, 0.29) is 11.3 Å². The summed E-state index contributed by atoms with van der Waals surface area (Å²) in [6.45, 7) is 1.30. The first-order valence-electron chi connectivity index (χ1n) is 9.47. The van der Waals surface area contributed by atoms with Crippen LogP contribution in [0.3, 0.4) is 0 Å². The van der Waals surface area contributed by atoms with Crippen molar-refractivity contribution < 1.29 is 22.3 Å². The van der Waals surface area contributed by atoms with Gasteiger partial charge < -0.3 is 9.47 Å². The lowest BCUT2D eigenvalue weighted by Crippen LogP contribution is -2.48. The largest absolute Gasteiger partial charge is 0.496 e. The molecule has 28 heavy (non-hydrogen) atoms. The molecule has 1 spiro atoms. The molecule has 0 atom stereocenters. The fraction of sp³-hybridized carbons (Fsp3) is 0.429. The van der Waals surface area contributed by atoms with Crippen molar-refractivity contribution >= 4 is 10.0 Å². The number of sulfonamides is 1. The second kappa shape index (κ2) is 7.46. The van der Waals surface area contributed by atoms with Crippen molar-refractivity contribution in [2.45, 2.75) is 30.6 Å². The van der Waals surface area contributed by atoms with Crippen LogP contribution in [0.25, 0.3) is 0 Å². The Balaban J connectivity index is 1.55. The summed E-state index contributed by atoms with van der Waals surface area (Å²) in [6, 6.07) is 12.0. The highest BCUT2D eigenvalue weighted by Crippen LogP contribution is 2.46. The number of piperidine rings is 1. The zero-order valence-electron chi connectivity index (χ0n) is 15.9. The van der Waals surface area contributed by atoms with E-state index in [9.17, 15) is 12.8 Å². The molecule has 5 nitrogen and oxygen atoms in total. The van der Waals surface area contributed by atoms with Crippen LogP contribution in [0.1, 0.15) is 29.5 Å². The van der Waals surface area contributed by atoms with Crippen LogP contribution >= 0.6 is 0 Å². The van der Waals surface area contributed by atoms with Gasteiger partial charge in [-0.25, -0.2) is 17.1 Å². The summed E-state index contributed by atoms with van der Waals surface area (Å²) in [5, 5.41) is 0. The fourth-order valence-corrected chi connectivity index (χ4v) is 5.87. The molecule has 0 amide bonds. The van der Waals surface area contributed by atoms with E-state index in [0.717, 1.165) is 17.7 Å². The van der Waals surface area contributed by atoms with Gasteiger partial charge >= 0.3 is 0 Å². The average molecular weight is 405 g/mol. The molecule has 0 unspecified atom stereocenters. The maximum atomic E-state index is 13.9. The Morgan fingerprint density at radius 3 is 2.61 bits per heavy atom. The molecule has 2 aliphatic heterocycles. The number of nitrogens with zero attached hydrogens (tertiary/aromatic N) is 1. The molecule has 1 fully saturated rings. The first kappa shape index (κ1) is 19.4. The Bertz CT molecular complexity index is 954. The van der Waals surface area contributed by atoms with Crippen molar-refractivity contribution in [1.29, 1.82) is 0 Å². The maximum absolute atomic E-state index is 13.9. The van der Waals surface area contributed by atoms with Crippen molar-refractivity contribution in [2.24, 2.45) is 0 Å². The van der Waals surface area contributed by atoms with Crippen LogP contribution in [0.4, 0.5) is 4.39 Å². The van der Waals surface area contributed by atoms with Gasteiger partial charge in [0.05, 0.1) is 25.1 Å². The van der Waals surface area contributed by atoms with Crippen molar-refractivity contribution in [2.75, 3.05) is 26.8 Å². The van der Waals surface area contributed by atoms with Crippen LogP contribution in [-0.4, -0.2) is 39.5 Å². The van der Waals surface area contributed by atoms with E-state index < -0.39 is 21.4 Å². The molecule has 4 rings (SSSR count). The van der Waals surface area contributed by atoms with Gasteiger partial charge in [-0.3, -0.25) is 0 Å². The number of rotatable bonds is 4. The molecule has 2 aromatic rings. The van der Waals surface area contributed by atoms with Crippen molar-refractivity contribution in [3.8, 4) is 5.75 Å². The molecular formula is C21H24FNO4S. The number of fused-ring (bicyclic) bond motifs is 2. The number of halogens is 1. The minimum absolute atomic E-state index is 0.198. The van der Waals surface area contributed by atoms with E-state index in [1.54, 1.807) is 19.2 Å². The summed E-state index contributed by atoms with van der Waals surface area (Å²) in [4.78, 5) is 0. The van der Waals surface area contributed by atoms with Gasteiger partial charge in [0.2, 0.25) is 10.0 Å². The third-order valence-corrected chi connectivity index (χ3v) is 7.58. The summed E-state index contributed by atoms with van der Waals surface area (Å²) in [5.41, 5.74) is 1.93. The molecule has 0 saturated carbocycles. The van der Waals surface area contributed by atoms with Crippen LogP contribution in [0.2, 0.25) is 0 Å². The van der Waals surface area contributed by atoms with E-state index >= 15 is 0 Å². The molecule has 0 aliphatic carbocycles. The summed E-state index contributed by atoms with van der Waals surface area (Å²) >= 11 is 0. The Kier molecular flexibility index (Phi) is 5.16. The van der Waals surface area contributed by atoms with E-state index in [4.69, 9.17) is 9.47 Å². The SMILES string of the molecule is COc1cccc2c1C1(CCN(S(=O)(=O)Cc3ccccc3F)CC1)OCC2. The lowest BCUT2D eigenvalue weighted by molar-refractivity contribution is -0.0904. The predicted molar refractivity (Wildman–Crippen MR) is 104 cm³/mol. The minimum atomic E-state index is -3.60.